The molecule has 39 heavy (non-hydrogen) atoms. The summed E-state index contributed by atoms with van der Waals surface area (Å²) >= 11 is 0. The summed E-state index contributed by atoms with van der Waals surface area (Å²) in [7, 11) is 1.55. The lowest BCUT2D eigenvalue weighted by atomic mass is 9.43. The van der Waals surface area contributed by atoms with Crippen molar-refractivity contribution in [2.24, 2.45) is 40.4 Å². The van der Waals surface area contributed by atoms with Crippen molar-refractivity contribution >= 4 is 17.7 Å². The molecule has 1 N–H and O–H groups in total. The highest BCUT2D eigenvalue weighted by Crippen LogP contribution is 2.74. The number of carbonyl (C=O) groups is 3. The maximum absolute atomic E-state index is 13.8. The number of epoxide rings is 1. The maximum atomic E-state index is 13.8. The molecule has 0 amide bonds. The van der Waals surface area contributed by atoms with Crippen LogP contribution >= 0.6 is 0 Å². The zero-order valence-electron chi connectivity index (χ0n) is 24.3. The topological polar surface area (TPSA) is 112 Å². The standard InChI is InChI=1S/C31H44O8/c1-14-10-21(38-28(35)15(14)2)16(3)26-22(37-17(4)32)12-20-18-11-25-31(39-25)27(34)23(36-7)13-24(33)30(31,6)19(18)8-9-29(20,26)5/h16,18-23,25-27,34H,8-13H2,1-7H3. The van der Waals surface area contributed by atoms with Crippen LogP contribution in [0.4, 0.5) is 0 Å². The number of cyclic esters (lactones) is 1. The van der Waals surface area contributed by atoms with Gasteiger partial charge in [0.15, 0.2) is 0 Å². The molecule has 4 saturated carbocycles. The van der Waals surface area contributed by atoms with Crippen molar-refractivity contribution in [3.8, 4) is 0 Å². The van der Waals surface area contributed by atoms with Crippen LogP contribution in [0.2, 0.25) is 0 Å². The molecule has 13 atom stereocenters. The molecule has 8 heteroatoms. The van der Waals surface area contributed by atoms with Crippen LogP contribution < -0.4 is 0 Å². The number of esters is 2. The third kappa shape index (κ3) is 3.49. The molecule has 6 rings (SSSR count). The second-order valence-electron chi connectivity index (χ2n) is 13.9. The highest BCUT2D eigenvalue weighted by Gasteiger charge is 2.82. The summed E-state index contributed by atoms with van der Waals surface area (Å²) in [5.41, 5.74) is -0.0363. The average molecular weight is 545 g/mol. The first-order valence-corrected chi connectivity index (χ1v) is 14.8. The van der Waals surface area contributed by atoms with Gasteiger partial charge in [-0.05, 0) is 69.6 Å². The molecule has 0 aromatic rings. The van der Waals surface area contributed by atoms with Crippen molar-refractivity contribution in [1.82, 2.24) is 0 Å². The normalized spacial score (nSPS) is 51.2. The summed E-state index contributed by atoms with van der Waals surface area (Å²) in [5, 5.41) is 11.3. The third-order valence-corrected chi connectivity index (χ3v) is 12.6. The number of ketones is 1. The molecule has 8 nitrogen and oxygen atoms in total. The molecule has 0 aromatic heterocycles. The Labute approximate surface area is 231 Å². The molecular weight excluding hydrogens is 500 g/mol. The Balaban J connectivity index is 1.34. The maximum Gasteiger partial charge on any atom is 0.333 e. The predicted octanol–water partition coefficient (Wildman–Crippen LogP) is 3.77. The summed E-state index contributed by atoms with van der Waals surface area (Å²) < 4.78 is 23.8. The fourth-order valence-corrected chi connectivity index (χ4v) is 10.5. The zero-order chi connectivity index (χ0) is 28.2. The number of rotatable bonds is 4. The summed E-state index contributed by atoms with van der Waals surface area (Å²) in [6.07, 6.45) is 2.06. The van der Waals surface area contributed by atoms with E-state index >= 15 is 0 Å². The second-order valence-corrected chi connectivity index (χ2v) is 13.9. The van der Waals surface area contributed by atoms with Gasteiger partial charge >= 0.3 is 11.9 Å². The van der Waals surface area contributed by atoms with Crippen LogP contribution in [0.5, 0.6) is 0 Å². The molecule has 2 heterocycles. The molecule has 1 spiro atoms. The van der Waals surface area contributed by atoms with Gasteiger partial charge in [-0.2, -0.15) is 0 Å². The Kier molecular flexibility index (Phi) is 6.23. The summed E-state index contributed by atoms with van der Waals surface area (Å²) in [6, 6.07) is 0. The molecule has 4 aliphatic carbocycles. The van der Waals surface area contributed by atoms with Crippen molar-refractivity contribution in [2.45, 2.75) is 116 Å². The van der Waals surface area contributed by atoms with Crippen molar-refractivity contribution in [2.75, 3.05) is 7.11 Å². The van der Waals surface area contributed by atoms with E-state index < -0.39 is 23.2 Å². The van der Waals surface area contributed by atoms with Gasteiger partial charge in [0, 0.05) is 44.3 Å². The van der Waals surface area contributed by atoms with E-state index in [1.807, 2.05) is 20.8 Å². The molecule has 5 fully saturated rings. The molecule has 216 valence electrons. The SMILES string of the molecule is COC1CC(=O)C2(C)C3CCC4(C)C(CC(OC(C)=O)C4C(C)C4CC(C)=C(C)C(=O)O4)C3CC3OC32C1O. The smallest absolute Gasteiger partial charge is 0.333 e. The Morgan fingerprint density at radius 3 is 2.46 bits per heavy atom. The Morgan fingerprint density at radius 1 is 1.10 bits per heavy atom. The van der Waals surface area contributed by atoms with Crippen molar-refractivity contribution in [3.05, 3.63) is 11.1 Å². The first kappa shape index (κ1) is 27.4. The zero-order valence-corrected chi connectivity index (χ0v) is 24.3. The summed E-state index contributed by atoms with van der Waals surface area (Å²) in [4.78, 5) is 38.7. The fourth-order valence-electron chi connectivity index (χ4n) is 10.5. The predicted molar refractivity (Wildman–Crippen MR) is 140 cm³/mol. The van der Waals surface area contributed by atoms with Crippen molar-refractivity contribution < 1.29 is 38.4 Å². The number of carbonyl (C=O) groups excluding carboxylic acids is 3. The van der Waals surface area contributed by atoms with Gasteiger partial charge in [-0.15, -0.1) is 0 Å². The Hall–Kier alpha value is -1.77. The fraction of sp³-hybridized carbons (Fsp3) is 0.839. The number of hydrogen-bond donors (Lipinski definition) is 1. The first-order chi connectivity index (χ1) is 18.3. The molecule has 0 bridgehead atoms. The largest absolute Gasteiger partial charge is 0.462 e. The minimum atomic E-state index is -0.865. The van der Waals surface area contributed by atoms with Crippen LogP contribution in [0.3, 0.4) is 0 Å². The van der Waals surface area contributed by atoms with Crippen LogP contribution in [0.15, 0.2) is 11.1 Å². The van der Waals surface area contributed by atoms with E-state index in [4.69, 9.17) is 18.9 Å². The minimum Gasteiger partial charge on any atom is -0.462 e. The molecule has 13 unspecified atom stereocenters. The van der Waals surface area contributed by atoms with E-state index in [9.17, 15) is 19.5 Å². The number of methoxy groups -OCH3 is 1. The lowest BCUT2D eigenvalue weighted by Gasteiger charge is -2.59. The van der Waals surface area contributed by atoms with Crippen molar-refractivity contribution in [3.63, 3.8) is 0 Å². The monoisotopic (exact) mass is 544 g/mol. The van der Waals surface area contributed by atoms with Gasteiger partial charge in [-0.3, -0.25) is 9.59 Å². The molecule has 2 aliphatic heterocycles. The molecule has 6 aliphatic rings. The highest BCUT2D eigenvalue weighted by atomic mass is 16.6. The van der Waals surface area contributed by atoms with Crippen LogP contribution in [0.1, 0.15) is 80.1 Å². The van der Waals surface area contributed by atoms with Gasteiger partial charge < -0.3 is 24.1 Å². The lowest BCUT2D eigenvalue weighted by molar-refractivity contribution is -0.184. The van der Waals surface area contributed by atoms with E-state index in [-0.39, 0.29) is 77.5 Å². The van der Waals surface area contributed by atoms with Crippen LogP contribution in [-0.4, -0.2) is 66.1 Å². The van der Waals surface area contributed by atoms with Crippen LogP contribution in [0.25, 0.3) is 0 Å². The van der Waals surface area contributed by atoms with Crippen molar-refractivity contribution in [1.29, 1.82) is 0 Å². The van der Waals surface area contributed by atoms with Crippen LogP contribution in [0, 0.1) is 40.4 Å². The van der Waals surface area contributed by atoms with Gasteiger partial charge in [-0.1, -0.05) is 19.4 Å². The van der Waals surface area contributed by atoms with Gasteiger partial charge in [0.2, 0.25) is 0 Å². The molecular formula is C31H44O8. The highest BCUT2D eigenvalue weighted by molar-refractivity contribution is 5.90. The van der Waals surface area contributed by atoms with Crippen LogP contribution in [-0.2, 0) is 33.3 Å². The summed E-state index contributed by atoms with van der Waals surface area (Å²) in [6.45, 7) is 11.8. The van der Waals surface area contributed by atoms with Gasteiger partial charge in [0.1, 0.15) is 29.7 Å². The average Bonchev–Trinajstić information content (AvgIpc) is 3.54. The third-order valence-electron chi connectivity index (χ3n) is 12.6. The number of fused-ring (bicyclic) bond motifs is 4. The number of aliphatic hydroxyl groups is 1. The number of Topliss-reactive ketones (excluding diaryl/α,β-unsaturated/α-hetero) is 1. The quantitative estimate of drug-likeness (QED) is 0.421. The van der Waals surface area contributed by atoms with Gasteiger partial charge in [0.25, 0.3) is 0 Å². The Morgan fingerprint density at radius 2 is 1.82 bits per heavy atom. The van der Waals surface area contributed by atoms with E-state index in [0.29, 0.717) is 12.0 Å². The summed E-state index contributed by atoms with van der Waals surface area (Å²) in [5.74, 6) is 0.153. The number of aliphatic hydroxyl groups excluding tert-OH is 1. The van der Waals surface area contributed by atoms with E-state index in [0.717, 1.165) is 31.3 Å². The Bertz CT molecular complexity index is 1130. The van der Waals surface area contributed by atoms with Gasteiger partial charge in [-0.25, -0.2) is 4.79 Å². The number of ether oxygens (including phenoxy) is 4. The van der Waals surface area contributed by atoms with E-state index in [1.54, 1.807) is 7.11 Å². The second kappa shape index (κ2) is 8.86. The lowest BCUT2D eigenvalue weighted by Crippen LogP contribution is -2.68. The molecule has 0 aromatic carbocycles. The van der Waals surface area contributed by atoms with E-state index in [2.05, 4.69) is 13.8 Å². The van der Waals surface area contributed by atoms with E-state index in [1.165, 1.54) is 6.92 Å². The molecule has 1 saturated heterocycles. The minimum absolute atomic E-state index is 0.00365. The number of hydrogen-bond acceptors (Lipinski definition) is 8. The van der Waals surface area contributed by atoms with Gasteiger partial charge in [0.05, 0.1) is 17.6 Å². The first-order valence-electron chi connectivity index (χ1n) is 14.8. The molecule has 0 radical (unpaired) electrons.